The molecule has 0 aromatic rings. The van der Waals surface area contributed by atoms with Crippen LogP contribution in [-0.4, -0.2) is 60.0 Å². The van der Waals surface area contributed by atoms with Crippen molar-refractivity contribution in [3.05, 3.63) is 0 Å². The van der Waals surface area contributed by atoms with Gasteiger partial charge >= 0.3 is 0 Å². The molecule has 0 amide bonds. The van der Waals surface area contributed by atoms with Crippen LogP contribution in [0.1, 0.15) is 47.0 Å². The molecule has 0 saturated carbocycles. The number of hydrogen-bond acceptors (Lipinski definition) is 4. The van der Waals surface area contributed by atoms with Crippen molar-refractivity contribution in [3.63, 3.8) is 0 Å². The fourth-order valence-corrected chi connectivity index (χ4v) is 4.34. The summed E-state index contributed by atoms with van der Waals surface area (Å²) in [5.74, 6) is 0.439. The first kappa shape index (κ1) is 16.2. The fourth-order valence-electron chi connectivity index (χ4n) is 4.34. The van der Waals surface area contributed by atoms with Gasteiger partial charge in [-0.1, -0.05) is 6.42 Å². The largest absolute Gasteiger partial charge is 0.395 e. The number of aliphatic hydroxyl groups is 1. The van der Waals surface area contributed by atoms with Gasteiger partial charge in [0.2, 0.25) is 0 Å². The average Bonchev–Trinajstić information content (AvgIpc) is 2.54. The van der Waals surface area contributed by atoms with E-state index in [-0.39, 0.29) is 17.8 Å². The van der Waals surface area contributed by atoms with Crippen LogP contribution in [0.25, 0.3) is 0 Å². The summed E-state index contributed by atoms with van der Waals surface area (Å²) in [5, 5.41) is 13.1. The molecule has 0 radical (unpaired) electrons. The third-order valence-corrected chi connectivity index (χ3v) is 5.27. The number of nitrogens with one attached hydrogen (secondary N) is 1. The standard InChI is InChI=1S/C16H32N2O2/c1-15(2)13(14(17-5)16(3,4)20-15)10-18-9-7-6-8-12(18)11-19/h12-14,17,19H,6-11H2,1-5H3. The molecule has 0 aromatic heterocycles. The maximum absolute atomic E-state index is 9.60. The van der Waals surface area contributed by atoms with E-state index in [4.69, 9.17) is 4.74 Å². The summed E-state index contributed by atoms with van der Waals surface area (Å²) in [5.41, 5.74) is -0.276. The first-order chi connectivity index (χ1) is 9.31. The minimum atomic E-state index is -0.145. The van der Waals surface area contributed by atoms with Gasteiger partial charge in [-0.15, -0.1) is 0 Å². The second-order valence-electron chi connectivity index (χ2n) is 7.51. The molecule has 2 saturated heterocycles. The summed E-state index contributed by atoms with van der Waals surface area (Å²) >= 11 is 0. The van der Waals surface area contributed by atoms with Crippen LogP contribution in [0.3, 0.4) is 0 Å². The normalized spacial score (nSPS) is 37.2. The van der Waals surface area contributed by atoms with Gasteiger partial charge in [0.1, 0.15) is 0 Å². The molecule has 4 nitrogen and oxygen atoms in total. The molecular weight excluding hydrogens is 252 g/mol. The minimum Gasteiger partial charge on any atom is -0.395 e. The Balaban J connectivity index is 2.13. The summed E-state index contributed by atoms with van der Waals surface area (Å²) in [6.07, 6.45) is 3.61. The SMILES string of the molecule is CNC1C(CN2CCCCC2CO)C(C)(C)OC1(C)C. The average molecular weight is 284 g/mol. The van der Waals surface area contributed by atoms with Crippen molar-refractivity contribution < 1.29 is 9.84 Å². The van der Waals surface area contributed by atoms with E-state index in [1.807, 2.05) is 7.05 Å². The Morgan fingerprint density at radius 1 is 1.20 bits per heavy atom. The molecule has 0 aromatic carbocycles. The van der Waals surface area contributed by atoms with Crippen LogP contribution in [0.5, 0.6) is 0 Å². The van der Waals surface area contributed by atoms with Gasteiger partial charge < -0.3 is 15.2 Å². The summed E-state index contributed by atoms with van der Waals surface area (Å²) in [6, 6.07) is 0.680. The van der Waals surface area contributed by atoms with Crippen LogP contribution >= 0.6 is 0 Å². The summed E-state index contributed by atoms with van der Waals surface area (Å²) in [4.78, 5) is 2.48. The lowest BCUT2D eigenvalue weighted by atomic mass is 9.81. The van der Waals surface area contributed by atoms with E-state index in [0.29, 0.717) is 18.0 Å². The predicted octanol–water partition coefficient (Wildman–Crippen LogP) is 1.62. The van der Waals surface area contributed by atoms with Crippen LogP contribution in [0.4, 0.5) is 0 Å². The monoisotopic (exact) mass is 284 g/mol. The van der Waals surface area contributed by atoms with Gasteiger partial charge in [0.15, 0.2) is 0 Å². The first-order valence-corrected chi connectivity index (χ1v) is 8.04. The predicted molar refractivity (Wildman–Crippen MR) is 81.9 cm³/mol. The molecule has 0 aliphatic carbocycles. The second kappa shape index (κ2) is 5.91. The molecule has 2 rings (SSSR count). The molecule has 118 valence electrons. The Bertz CT molecular complexity index is 330. The molecule has 2 N–H and O–H groups in total. The van der Waals surface area contributed by atoms with Crippen LogP contribution in [0.2, 0.25) is 0 Å². The minimum absolute atomic E-state index is 0.130. The van der Waals surface area contributed by atoms with E-state index >= 15 is 0 Å². The van der Waals surface area contributed by atoms with Gasteiger partial charge in [-0.25, -0.2) is 0 Å². The van der Waals surface area contributed by atoms with Crippen molar-refractivity contribution in [1.29, 1.82) is 0 Å². The molecule has 0 spiro atoms. The highest BCUT2D eigenvalue weighted by Gasteiger charge is 2.53. The Kier molecular flexibility index (Phi) is 4.80. The molecule has 20 heavy (non-hydrogen) atoms. The zero-order valence-electron chi connectivity index (χ0n) is 13.8. The summed E-state index contributed by atoms with van der Waals surface area (Å²) in [7, 11) is 2.03. The maximum Gasteiger partial charge on any atom is 0.0790 e. The second-order valence-corrected chi connectivity index (χ2v) is 7.51. The van der Waals surface area contributed by atoms with Crippen molar-refractivity contribution >= 4 is 0 Å². The molecule has 2 aliphatic rings. The van der Waals surface area contributed by atoms with Gasteiger partial charge in [-0.2, -0.15) is 0 Å². The van der Waals surface area contributed by atoms with Crippen molar-refractivity contribution in [2.75, 3.05) is 26.7 Å². The maximum atomic E-state index is 9.60. The van der Waals surface area contributed by atoms with Crippen LogP contribution in [0.15, 0.2) is 0 Å². The van der Waals surface area contributed by atoms with Crippen molar-refractivity contribution in [2.24, 2.45) is 5.92 Å². The molecular formula is C16H32N2O2. The Morgan fingerprint density at radius 3 is 2.50 bits per heavy atom. The molecule has 2 heterocycles. The quantitative estimate of drug-likeness (QED) is 0.823. The molecule has 2 fully saturated rings. The number of rotatable bonds is 4. The number of piperidine rings is 1. The van der Waals surface area contributed by atoms with E-state index < -0.39 is 0 Å². The first-order valence-electron chi connectivity index (χ1n) is 8.04. The molecule has 3 unspecified atom stereocenters. The van der Waals surface area contributed by atoms with E-state index in [9.17, 15) is 5.11 Å². The molecule has 2 aliphatic heterocycles. The van der Waals surface area contributed by atoms with Gasteiger partial charge in [0.05, 0.1) is 17.8 Å². The van der Waals surface area contributed by atoms with Crippen molar-refractivity contribution in [3.8, 4) is 0 Å². The third-order valence-electron chi connectivity index (χ3n) is 5.27. The molecule has 0 bridgehead atoms. The Labute approximate surface area is 123 Å². The van der Waals surface area contributed by atoms with Crippen LogP contribution < -0.4 is 5.32 Å². The zero-order valence-corrected chi connectivity index (χ0v) is 13.8. The van der Waals surface area contributed by atoms with Gasteiger partial charge in [0.25, 0.3) is 0 Å². The topological polar surface area (TPSA) is 44.7 Å². The van der Waals surface area contributed by atoms with E-state index in [1.165, 1.54) is 12.8 Å². The lowest BCUT2D eigenvalue weighted by molar-refractivity contribution is -0.0811. The Morgan fingerprint density at radius 2 is 1.90 bits per heavy atom. The highest BCUT2D eigenvalue weighted by atomic mass is 16.5. The van der Waals surface area contributed by atoms with Gasteiger partial charge in [-0.05, 0) is 54.1 Å². The lowest BCUT2D eigenvalue weighted by Crippen LogP contribution is -2.53. The van der Waals surface area contributed by atoms with E-state index in [0.717, 1.165) is 19.5 Å². The van der Waals surface area contributed by atoms with Crippen LogP contribution in [-0.2, 0) is 4.74 Å². The van der Waals surface area contributed by atoms with E-state index in [2.05, 4.69) is 37.9 Å². The molecule has 4 heteroatoms. The summed E-state index contributed by atoms with van der Waals surface area (Å²) in [6.45, 7) is 11.2. The number of likely N-dealkylation sites (N-methyl/N-ethyl adjacent to an activating group) is 1. The number of nitrogens with zero attached hydrogens (tertiary/aromatic N) is 1. The number of likely N-dealkylation sites (tertiary alicyclic amines) is 1. The van der Waals surface area contributed by atoms with Crippen molar-refractivity contribution in [2.45, 2.75) is 70.2 Å². The third kappa shape index (κ3) is 3.03. The highest BCUT2D eigenvalue weighted by Crippen LogP contribution is 2.43. The Hall–Kier alpha value is -0.160. The van der Waals surface area contributed by atoms with Gasteiger partial charge in [-0.3, -0.25) is 4.90 Å². The number of hydrogen-bond donors (Lipinski definition) is 2. The highest BCUT2D eigenvalue weighted by molar-refractivity contribution is 5.06. The lowest BCUT2D eigenvalue weighted by Gasteiger charge is -2.40. The van der Waals surface area contributed by atoms with E-state index in [1.54, 1.807) is 0 Å². The van der Waals surface area contributed by atoms with Crippen LogP contribution in [0, 0.1) is 5.92 Å². The fraction of sp³-hybridized carbons (Fsp3) is 1.00. The molecule has 3 atom stereocenters. The number of aliphatic hydroxyl groups excluding tert-OH is 1. The smallest absolute Gasteiger partial charge is 0.0790 e. The van der Waals surface area contributed by atoms with Crippen molar-refractivity contribution in [1.82, 2.24) is 10.2 Å². The number of ether oxygens (including phenoxy) is 1. The van der Waals surface area contributed by atoms with Gasteiger partial charge in [0, 0.05) is 24.5 Å². The zero-order chi connectivity index (χ0) is 15.0. The summed E-state index contributed by atoms with van der Waals surface area (Å²) < 4.78 is 6.31.